The standard InChI is InChI=1S/C28H45N3O4/c1-9-10-16-29-25(32)24(22-17-19(4)14-15-20(22)5)31(21-12-11-13-21)26(33)23(18(2)3)30-27(34)35-28(6,7)8/h14-15,17-18,21,23-24H,9-13,16H2,1-8H3,(H,29,32)(H,30,34). The van der Waals surface area contributed by atoms with E-state index in [0.29, 0.717) is 6.54 Å². The summed E-state index contributed by atoms with van der Waals surface area (Å²) in [4.78, 5) is 42.2. The molecule has 1 fully saturated rings. The van der Waals surface area contributed by atoms with Crippen molar-refractivity contribution < 1.29 is 19.1 Å². The lowest BCUT2D eigenvalue weighted by Crippen LogP contribution is -2.59. The molecule has 0 spiro atoms. The molecule has 0 radical (unpaired) electrons. The number of nitrogens with one attached hydrogen (secondary N) is 2. The largest absolute Gasteiger partial charge is 0.444 e. The summed E-state index contributed by atoms with van der Waals surface area (Å²) in [6, 6.07) is 4.41. The van der Waals surface area contributed by atoms with E-state index in [1.165, 1.54) is 0 Å². The summed E-state index contributed by atoms with van der Waals surface area (Å²) >= 11 is 0. The molecule has 1 aliphatic rings. The van der Waals surface area contributed by atoms with Gasteiger partial charge in [-0.1, -0.05) is 51.0 Å². The first kappa shape index (κ1) is 28.7. The van der Waals surface area contributed by atoms with Gasteiger partial charge in [-0.3, -0.25) is 9.59 Å². The van der Waals surface area contributed by atoms with Crippen molar-refractivity contribution in [3.05, 3.63) is 34.9 Å². The Kier molecular flexibility index (Phi) is 10.2. The van der Waals surface area contributed by atoms with Gasteiger partial charge in [0.25, 0.3) is 0 Å². The van der Waals surface area contributed by atoms with Crippen LogP contribution in [0.2, 0.25) is 0 Å². The second-order valence-corrected chi connectivity index (χ2v) is 11.1. The molecule has 3 amide bonds. The summed E-state index contributed by atoms with van der Waals surface area (Å²) in [5.41, 5.74) is 2.15. The van der Waals surface area contributed by atoms with Crippen LogP contribution in [0.15, 0.2) is 18.2 Å². The van der Waals surface area contributed by atoms with E-state index >= 15 is 0 Å². The van der Waals surface area contributed by atoms with Crippen molar-refractivity contribution in [1.29, 1.82) is 0 Å². The predicted octanol–water partition coefficient (Wildman–Crippen LogP) is 5.19. The lowest BCUT2D eigenvalue weighted by Gasteiger charge is -2.44. The minimum Gasteiger partial charge on any atom is -0.444 e. The molecule has 35 heavy (non-hydrogen) atoms. The minimum atomic E-state index is -0.804. The molecule has 196 valence electrons. The van der Waals surface area contributed by atoms with Gasteiger partial charge in [0.15, 0.2) is 0 Å². The van der Waals surface area contributed by atoms with Gasteiger partial charge in [-0.15, -0.1) is 0 Å². The lowest BCUT2D eigenvalue weighted by atomic mass is 9.86. The van der Waals surface area contributed by atoms with Gasteiger partial charge < -0.3 is 20.3 Å². The van der Waals surface area contributed by atoms with E-state index in [1.807, 2.05) is 45.9 Å². The number of carbonyl (C=O) groups is 3. The van der Waals surface area contributed by atoms with Crippen molar-refractivity contribution in [2.45, 2.75) is 111 Å². The average molecular weight is 488 g/mol. The molecular weight excluding hydrogens is 442 g/mol. The maximum absolute atomic E-state index is 14.1. The predicted molar refractivity (Wildman–Crippen MR) is 139 cm³/mol. The third-order valence-corrected chi connectivity index (χ3v) is 6.41. The van der Waals surface area contributed by atoms with Crippen molar-refractivity contribution in [2.24, 2.45) is 5.92 Å². The monoisotopic (exact) mass is 487 g/mol. The molecule has 2 N–H and O–H groups in total. The van der Waals surface area contributed by atoms with E-state index in [9.17, 15) is 14.4 Å². The number of alkyl carbamates (subject to hydrolysis) is 1. The maximum atomic E-state index is 14.1. The van der Waals surface area contributed by atoms with Gasteiger partial charge >= 0.3 is 6.09 Å². The summed E-state index contributed by atoms with van der Waals surface area (Å²) in [5, 5.41) is 5.86. The first-order chi connectivity index (χ1) is 16.4. The Morgan fingerprint density at radius 3 is 2.31 bits per heavy atom. The van der Waals surface area contributed by atoms with Crippen molar-refractivity contribution in [3.63, 3.8) is 0 Å². The quantitative estimate of drug-likeness (QED) is 0.445. The van der Waals surface area contributed by atoms with E-state index < -0.39 is 23.8 Å². The summed E-state index contributed by atoms with van der Waals surface area (Å²) in [7, 11) is 0. The van der Waals surface area contributed by atoms with Gasteiger partial charge in [0.1, 0.15) is 17.7 Å². The van der Waals surface area contributed by atoms with Gasteiger partial charge in [0, 0.05) is 12.6 Å². The molecule has 2 rings (SSSR count). The molecule has 1 aromatic carbocycles. The highest BCUT2D eigenvalue weighted by molar-refractivity contribution is 5.92. The van der Waals surface area contributed by atoms with Gasteiger partial charge in [-0.05, 0) is 77.3 Å². The van der Waals surface area contributed by atoms with Crippen LogP contribution < -0.4 is 10.6 Å². The van der Waals surface area contributed by atoms with Crippen molar-refractivity contribution >= 4 is 17.9 Å². The first-order valence-corrected chi connectivity index (χ1v) is 13.0. The highest BCUT2D eigenvalue weighted by Gasteiger charge is 2.43. The molecule has 0 aromatic heterocycles. The first-order valence-electron chi connectivity index (χ1n) is 13.0. The normalized spacial score (nSPS) is 15.7. The Bertz CT molecular complexity index is 887. The molecule has 7 heteroatoms. The van der Waals surface area contributed by atoms with E-state index in [0.717, 1.165) is 48.8 Å². The number of benzene rings is 1. The lowest BCUT2D eigenvalue weighted by molar-refractivity contribution is -0.148. The molecule has 1 saturated carbocycles. The second-order valence-electron chi connectivity index (χ2n) is 11.1. The highest BCUT2D eigenvalue weighted by Crippen LogP contribution is 2.35. The molecular formula is C28H45N3O4. The number of carbonyl (C=O) groups excluding carboxylic acids is 3. The van der Waals surface area contributed by atoms with Crippen molar-refractivity contribution in [1.82, 2.24) is 15.5 Å². The number of ether oxygens (including phenoxy) is 1. The number of hydrogen-bond acceptors (Lipinski definition) is 4. The molecule has 0 saturated heterocycles. The fourth-order valence-electron chi connectivity index (χ4n) is 4.25. The number of hydrogen-bond donors (Lipinski definition) is 2. The van der Waals surface area contributed by atoms with Crippen LogP contribution in [0.5, 0.6) is 0 Å². The zero-order valence-electron chi connectivity index (χ0n) is 22.9. The Hall–Kier alpha value is -2.57. The SMILES string of the molecule is CCCCNC(=O)C(c1cc(C)ccc1C)N(C(=O)C(NC(=O)OC(C)(C)C)C(C)C)C1CCC1. The van der Waals surface area contributed by atoms with Crippen LogP contribution in [-0.4, -0.2) is 47.0 Å². The summed E-state index contributed by atoms with van der Waals surface area (Å²) < 4.78 is 5.44. The van der Waals surface area contributed by atoms with Crippen LogP contribution in [-0.2, 0) is 14.3 Å². The topological polar surface area (TPSA) is 87.7 Å². The van der Waals surface area contributed by atoms with E-state index in [1.54, 1.807) is 25.7 Å². The molecule has 0 aliphatic heterocycles. The number of amides is 3. The Morgan fingerprint density at radius 1 is 1.14 bits per heavy atom. The van der Waals surface area contributed by atoms with E-state index in [4.69, 9.17) is 4.74 Å². The molecule has 7 nitrogen and oxygen atoms in total. The van der Waals surface area contributed by atoms with Gasteiger partial charge in [-0.25, -0.2) is 4.79 Å². The average Bonchev–Trinajstić information content (AvgIpc) is 2.71. The zero-order valence-corrected chi connectivity index (χ0v) is 22.9. The Labute approximate surface area is 211 Å². The highest BCUT2D eigenvalue weighted by atomic mass is 16.6. The zero-order chi connectivity index (χ0) is 26.3. The summed E-state index contributed by atoms with van der Waals surface area (Å²) in [6.07, 6.45) is 3.90. The van der Waals surface area contributed by atoms with Crippen LogP contribution in [0.25, 0.3) is 0 Å². The molecule has 0 bridgehead atoms. The van der Waals surface area contributed by atoms with Crippen LogP contribution in [0.1, 0.15) is 96.4 Å². The maximum Gasteiger partial charge on any atom is 0.408 e. The minimum absolute atomic E-state index is 0.0500. The van der Waals surface area contributed by atoms with Crippen LogP contribution in [0, 0.1) is 19.8 Å². The van der Waals surface area contributed by atoms with Crippen LogP contribution in [0.4, 0.5) is 4.79 Å². The smallest absolute Gasteiger partial charge is 0.408 e. The van der Waals surface area contributed by atoms with Gasteiger partial charge in [-0.2, -0.15) is 0 Å². The van der Waals surface area contributed by atoms with E-state index in [-0.39, 0.29) is 23.8 Å². The number of unbranched alkanes of at least 4 members (excludes halogenated alkanes) is 1. The number of rotatable bonds is 10. The Morgan fingerprint density at radius 2 is 1.80 bits per heavy atom. The third kappa shape index (κ3) is 7.97. The molecule has 2 unspecified atom stereocenters. The van der Waals surface area contributed by atoms with Gasteiger partial charge in [0.2, 0.25) is 11.8 Å². The van der Waals surface area contributed by atoms with Crippen molar-refractivity contribution in [3.8, 4) is 0 Å². The van der Waals surface area contributed by atoms with E-state index in [2.05, 4.69) is 17.6 Å². The summed E-state index contributed by atoms with van der Waals surface area (Å²) in [5.74, 6) is -0.598. The molecule has 2 atom stereocenters. The van der Waals surface area contributed by atoms with Gasteiger partial charge in [0.05, 0.1) is 0 Å². The Balaban J connectivity index is 2.49. The van der Waals surface area contributed by atoms with Crippen molar-refractivity contribution in [2.75, 3.05) is 6.54 Å². The van der Waals surface area contributed by atoms with Crippen LogP contribution >= 0.6 is 0 Å². The number of aryl methyl sites for hydroxylation is 2. The fourth-order valence-corrected chi connectivity index (χ4v) is 4.25. The molecule has 1 aromatic rings. The fraction of sp³-hybridized carbons (Fsp3) is 0.679. The molecule has 0 heterocycles. The molecule has 1 aliphatic carbocycles. The van der Waals surface area contributed by atoms with Crippen LogP contribution in [0.3, 0.4) is 0 Å². The second kappa shape index (κ2) is 12.4. The number of nitrogens with zero attached hydrogens (tertiary/aromatic N) is 1. The summed E-state index contributed by atoms with van der Waals surface area (Å²) in [6.45, 7) is 15.8. The third-order valence-electron chi connectivity index (χ3n) is 6.41.